The summed E-state index contributed by atoms with van der Waals surface area (Å²) in [5, 5.41) is 19.5. The Labute approximate surface area is 153 Å². The molecule has 4 heteroatoms. The summed E-state index contributed by atoms with van der Waals surface area (Å²) in [5.74, 6) is 0.594. The van der Waals surface area contributed by atoms with Crippen molar-refractivity contribution >= 4 is 5.78 Å². The molecule has 0 aliphatic carbocycles. The molecule has 0 saturated carbocycles. The molecule has 0 aromatic carbocycles. The Bertz CT molecular complexity index is 480. The second kappa shape index (κ2) is 10.2. The second-order valence-corrected chi connectivity index (χ2v) is 7.95. The van der Waals surface area contributed by atoms with Gasteiger partial charge < -0.3 is 14.9 Å². The summed E-state index contributed by atoms with van der Waals surface area (Å²) < 4.78 is 5.98. The maximum absolute atomic E-state index is 12.3. The number of ketones is 1. The average Bonchev–Trinajstić information content (AvgIpc) is 2.69. The predicted octanol–water partition coefficient (Wildman–Crippen LogP) is 3.81. The zero-order valence-corrected chi connectivity index (χ0v) is 16.4. The van der Waals surface area contributed by atoms with Crippen LogP contribution in [-0.2, 0) is 9.53 Å². The molecular weight excluding hydrogens is 316 g/mol. The van der Waals surface area contributed by atoms with Crippen LogP contribution in [0.25, 0.3) is 0 Å². The monoisotopic (exact) mass is 352 g/mol. The summed E-state index contributed by atoms with van der Waals surface area (Å²) in [6.45, 7) is 12.5. The summed E-state index contributed by atoms with van der Waals surface area (Å²) in [4.78, 5) is 12.3. The van der Waals surface area contributed by atoms with Crippen LogP contribution >= 0.6 is 0 Å². The summed E-state index contributed by atoms with van der Waals surface area (Å²) in [6.07, 6.45) is 5.47. The van der Waals surface area contributed by atoms with Gasteiger partial charge in [0.15, 0.2) is 0 Å². The molecule has 1 aliphatic rings. The molecule has 0 bridgehead atoms. The van der Waals surface area contributed by atoms with Crippen molar-refractivity contribution in [3.8, 4) is 0 Å². The zero-order chi connectivity index (χ0) is 19.0. The molecule has 25 heavy (non-hydrogen) atoms. The van der Waals surface area contributed by atoms with E-state index < -0.39 is 11.7 Å². The van der Waals surface area contributed by atoms with Crippen molar-refractivity contribution in [3.63, 3.8) is 0 Å². The first-order valence-corrected chi connectivity index (χ1v) is 9.50. The molecule has 0 amide bonds. The second-order valence-electron chi connectivity index (χ2n) is 7.95. The molecule has 0 spiro atoms. The van der Waals surface area contributed by atoms with Gasteiger partial charge in [-0.2, -0.15) is 0 Å². The highest BCUT2D eigenvalue weighted by Gasteiger charge is 2.36. The van der Waals surface area contributed by atoms with Crippen molar-refractivity contribution in [3.05, 3.63) is 23.8 Å². The lowest BCUT2D eigenvalue weighted by molar-refractivity contribution is -0.122. The highest BCUT2D eigenvalue weighted by Crippen LogP contribution is 2.32. The predicted molar refractivity (Wildman–Crippen MR) is 101 cm³/mol. The van der Waals surface area contributed by atoms with Crippen LogP contribution in [-0.4, -0.2) is 40.9 Å². The van der Waals surface area contributed by atoms with Crippen LogP contribution in [0.3, 0.4) is 0 Å². The third kappa shape index (κ3) is 7.04. The third-order valence-electron chi connectivity index (χ3n) is 5.49. The van der Waals surface area contributed by atoms with Crippen molar-refractivity contribution in [2.24, 2.45) is 11.8 Å². The Balaban J connectivity index is 2.49. The summed E-state index contributed by atoms with van der Waals surface area (Å²) in [6, 6.07) is 0. The molecule has 144 valence electrons. The fourth-order valence-corrected chi connectivity index (χ4v) is 3.10. The van der Waals surface area contributed by atoms with Crippen LogP contribution in [0.5, 0.6) is 0 Å². The van der Waals surface area contributed by atoms with Crippen LogP contribution < -0.4 is 0 Å². The molecule has 2 N–H and O–H groups in total. The van der Waals surface area contributed by atoms with Gasteiger partial charge in [-0.25, -0.2) is 0 Å². The highest BCUT2D eigenvalue weighted by molar-refractivity contribution is 5.82. The average molecular weight is 353 g/mol. The first-order valence-electron chi connectivity index (χ1n) is 9.50. The minimum atomic E-state index is -0.588. The van der Waals surface area contributed by atoms with E-state index in [0.717, 1.165) is 36.8 Å². The van der Waals surface area contributed by atoms with Gasteiger partial charge in [0.2, 0.25) is 0 Å². The maximum atomic E-state index is 12.3. The number of Topliss-reactive ketones (excluding diaryl/α,β-unsaturated/α-hetero) is 1. The van der Waals surface area contributed by atoms with Crippen LogP contribution in [0.2, 0.25) is 0 Å². The van der Waals surface area contributed by atoms with Gasteiger partial charge in [-0.05, 0) is 50.5 Å². The molecule has 3 atom stereocenters. The lowest BCUT2D eigenvalue weighted by Crippen LogP contribution is -2.41. The molecule has 0 radical (unpaired) electrons. The first kappa shape index (κ1) is 22.1. The number of allylic oxidation sites excluding steroid dienone is 1. The Kier molecular flexibility index (Phi) is 9.04. The molecule has 1 saturated heterocycles. The van der Waals surface area contributed by atoms with Gasteiger partial charge in [-0.1, -0.05) is 39.0 Å². The molecule has 1 rings (SSSR count). The van der Waals surface area contributed by atoms with E-state index in [9.17, 15) is 9.90 Å². The van der Waals surface area contributed by atoms with E-state index in [-0.39, 0.29) is 18.3 Å². The zero-order valence-electron chi connectivity index (χ0n) is 16.4. The SMILES string of the molecule is C=C(CC(=O)C(C)CCCC1(C)OCC(=CCO)CCC1O)C(C)C. The van der Waals surface area contributed by atoms with Gasteiger partial charge in [-0.3, -0.25) is 4.79 Å². The molecule has 1 fully saturated rings. The van der Waals surface area contributed by atoms with Gasteiger partial charge in [-0.15, -0.1) is 0 Å². The first-order chi connectivity index (χ1) is 11.7. The van der Waals surface area contributed by atoms with Gasteiger partial charge in [0.05, 0.1) is 24.9 Å². The molecular formula is C21H36O4. The van der Waals surface area contributed by atoms with Crippen LogP contribution in [0.15, 0.2) is 23.8 Å². The van der Waals surface area contributed by atoms with E-state index in [1.807, 2.05) is 13.8 Å². The summed E-state index contributed by atoms with van der Waals surface area (Å²) >= 11 is 0. The van der Waals surface area contributed by atoms with Gasteiger partial charge in [0.25, 0.3) is 0 Å². The molecule has 1 heterocycles. The number of aliphatic hydroxyl groups is 2. The maximum Gasteiger partial charge on any atom is 0.139 e. The van der Waals surface area contributed by atoms with Gasteiger partial charge in [0.1, 0.15) is 5.78 Å². The summed E-state index contributed by atoms with van der Waals surface area (Å²) in [7, 11) is 0. The van der Waals surface area contributed by atoms with E-state index in [1.165, 1.54) is 0 Å². The van der Waals surface area contributed by atoms with E-state index >= 15 is 0 Å². The van der Waals surface area contributed by atoms with Crippen molar-refractivity contribution in [1.29, 1.82) is 0 Å². The van der Waals surface area contributed by atoms with E-state index in [4.69, 9.17) is 9.84 Å². The lowest BCUT2D eigenvalue weighted by atomic mass is 9.86. The van der Waals surface area contributed by atoms with E-state index in [0.29, 0.717) is 25.4 Å². The Morgan fingerprint density at radius 2 is 2.12 bits per heavy atom. The Hall–Kier alpha value is -0.970. The number of ether oxygens (including phenoxy) is 1. The standard InChI is InChI=1S/C21H36O4/c1-15(2)17(4)13-19(23)16(3)7-6-11-21(5)20(24)9-8-18(10-12-22)14-25-21/h10,15-16,20,22,24H,4,6-9,11-14H2,1-3,5H3. The van der Waals surface area contributed by atoms with E-state index in [1.54, 1.807) is 6.08 Å². The van der Waals surface area contributed by atoms with Gasteiger partial charge in [0, 0.05) is 12.3 Å². The minimum Gasteiger partial charge on any atom is -0.392 e. The molecule has 0 aromatic heterocycles. The fourth-order valence-electron chi connectivity index (χ4n) is 3.10. The largest absolute Gasteiger partial charge is 0.392 e. The smallest absolute Gasteiger partial charge is 0.139 e. The third-order valence-corrected chi connectivity index (χ3v) is 5.49. The van der Waals surface area contributed by atoms with Crippen molar-refractivity contribution in [1.82, 2.24) is 0 Å². The minimum absolute atomic E-state index is 0.00636. The normalized spacial score (nSPS) is 27.3. The number of hydrogen-bond donors (Lipinski definition) is 2. The number of aliphatic hydroxyl groups excluding tert-OH is 2. The van der Waals surface area contributed by atoms with Crippen LogP contribution in [0.1, 0.15) is 66.2 Å². The molecule has 0 aromatic rings. The lowest BCUT2D eigenvalue weighted by Gasteiger charge is -2.33. The van der Waals surface area contributed by atoms with Crippen molar-refractivity contribution < 1.29 is 19.7 Å². The highest BCUT2D eigenvalue weighted by atomic mass is 16.5. The van der Waals surface area contributed by atoms with Crippen LogP contribution in [0.4, 0.5) is 0 Å². The Morgan fingerprint density at radius 1 is 1.44 bits per heavy atom. The topological polar surface area (TPSA) is 66.8 Å². The number of carbonyl (C=O) groups is 1. The number of hydrogen-bond acceptors (Lipinski definition) is 4. The summed E-state index contributed by atoms with van der Waals surface area (Å²) in [5.41, 5.74) is 1.45. The quantitative estimate of drug-likeness (QED) is 0.619. The van der Waals surface area contributed by atoms with Gasteiger partial charge >= 0.3 is 0 Å². The van der Waals surface area contributed by atoms with Crippen molar-refractivity contribution in [2.75, 3.05) is 13.2 Å². The molecule has 3 unspecified atom stereocenters. The fraction of sp³-hybridized carbons (Fsp3) is 0.762. The van der Waals surface area contributed by atoms with E-state index in [2.05, 4.69) is 20.4 Å². The molecule has 4 nitrogen and oxygen atoms in total. The Morgan fingerprint density at radius 3 is 2.72 bits per heavy atom. The van der Waals surface area contributed by atoms with Crippen LogP contribution in [0, 0.1) is 11.8 Å². The van der Waals surface area contributed by atoms with Crippen molar-refractivity contribution in [2.45, 2.75) is 77.9 Å². The number of rotatable bonds is 9. The molecule has 1 aliphatic heterocycles. The number of carbonyl (C=O) groups excluding carboxylic acids is 1.